The fourth-order valence-corrected chi connectivity index (χ4v) is 3.46. The summed E-state index contributed by atoms with van der Waals surface area (Å²) in [4.78, 5) is 12.1. The monoisotopic (exact) mass is 376 g/mol. The Morgan fingerprint density at radius 2 is 1.59 bits per heavy atom. The summed E-state index contributed by atoms with van der Waals surface area (Å²) in [6, 6.07) is 18.9. The Balaban J connectivity index is 2.03. The van der Waals surface area contributed by atoms with Crippen molar-refractivity contribution in [1.82, 2.24) is 0 Å². The number of aryl methyl sites for hydroxylation is 1. The van der Waals surface area contributed by atoms with E-state index < -0.39 is 0 Å². The van der Waals surface area contributed by atoms with Crippen LogP contribution >= 0.6 is 11.6 Å². The second-order valence-electron chi connectivity index (χ2n) is 6.50. The molecule has 0 aliphatic rings. The molecule has 0 unspecified atom stereocenters. The first kappa shape index (κ1) is 18.9. The topological polar surface area (TPSA) is 37.3 Å². The van der Waals surface area contributed by atoms with Crippen LogP contribution in [0.4, 0.5) is 0 Å². The van der Waals surface area contributed by atoms with Gasteiger partial charge in [0.25, 0.3) is 0 Å². The number of ketones is 1. The van der Waals surface area contributed by atoms with Crippen molar-refractivity contribution in [3.63, 3.8) is 0 Å². The van der Waals surface area contributed by atoms with Crippen LogP contribution in [0.1, 0.15) is 24.5 Å². The molecule has 3 rings (SSSR count). The van der Waals surface area contributed by atoms with E-state index in [0.29, 0.717) is 17.0 Å². The van der Waals surface area contributed by atoms with Gasteiger partial charge in [0.05, 0.1) is 0 Å². The first-order valence-electron chi connectivity index (χ1n) is 8.83. The minimum Gasteiger partial charge on any atom is -0.507 e. The molecule has 0 spiro atoms. The molecule has 0 aliphatic heterocycles. The van der Waals surface area contributed by atoms with Crippen LogP contribution in [0.2, 0.25) is 5.02 Å². The number of hydrogen-bond acceptors (Lipinski definition) is 2. The number of benzene rings is 3. The molecule has 0 amide bonds. The molecule has 0 radical (unpaired) electrons. The Morgan fingerprint density at radius 3 is 2.19 bits per heavy atom. The van der Waals surface area contributed by atoms with Crippen molar-refractivity contribution in [3.05, 3.63) is 83.4 Å². The number of carbonyl (C=O) groups is 1. The summed E-state index contributed by atoms with van der Waals surface area (Å²) >= 11 is 6.48. The first-order chi connectivity index (χ1) is 12.9. The van der Waals surface area contributed by atoms with Gasteiger partial charge in [0, 0.05) is 28.1 Å². The molecular formula is C24H21ClO2. The van der Waals surface area contributed by atoms with Gasteiger partial charge in [-0.15, -0.1) is 0 Å². The molecule has 3 heteroatoms. The van der Waals surface area contributed by atoms with E-state index in [0.717, 1.165) is 33.4 Å². The molecule has 3 aromatic carbocycles. The molecule has 0 saturated heterocycles. The second-order valence-corrected chi connectivity index (χ2v) is 6.90. The lowest BCUT2D eigenvalue weighted by atomic mass is 9.92. The van der Waals surface area contributed by atoms with Crippen molar-refractivity contribution in [1.29, 1.82) is 0 Å². The predicted molar refractivity (Wildman–Crippen MR) is 113 cm³/mol. The van der Waals surface area contributed by atoms with Gasteiger partial charge in [-0.1, -0.05) is 67.6 Å². The molecule has 0 aromatic heterocycles. The number of halogens is 1. The van der Waals surface area contributed by atoms with Crippen molar-refractivity contribution in [3.8, 4) is 28.0 Å². The summed E-state index contributed by atoms with van der Waals surface area (Å²) in [5.74, 6) is 0.275. The van der Waals surface area contributed by atoms with Crippen molar-refractivity contribution >= 4 is 23.0 Å². The van der Waals surface area contributed by atoms with E-state index in [1.165, 1.54) is 0 Å². The molecule has 2 nitrogen and oxygen atoms in total. The highest BCUT2D eigenvalue weighted by molar-refractivity contribution is 6.33. The van der Waals surface area contributed by atoms with Crippen molar-refractivity contribution < 1.29 is 9.90 Å². The smallest absolute Gasteiger partial charge is 0.162 e. The maximum Gasteiger partial charge on any atom is 0.162 e. The zero-order chi connectivity index (χ0) is 19.6. The highest BCUT2D eigenvalue weighted by Crippen LogP contribution is 2.35. The predicted octanol–water partition coefficient (Wildman–Crippen LogP) is 6.68. The average Bonchev–Trinajstić information content (AvgIpc) is 2.67. The molecule has 0 bridgehead atoms. The van der Waals surface area contributed by atoms with Crippen molar-refractivity contribution in [2.45, 2.75) is 20.3 Å². The Morgan fingerprint density at radius 1 is 1.00 bits per heavy atom. The summed E-state index contributed by atoms with van der Waals surface area (Å²) in [7, 11) is 0. The maximum atomic E-state index is 12.1. The Hall–Kier alpha value is -2.84. The number of phenolic OH excluding ortho intramolecular Hbond substituents is 1. The summed E-state index contributed by atoms with van der Waals surface area (Å²) in [5.41, 5.74) is 5.77. The van der Waals surface area contributed by atoms with Crippen LogP contribution < -0.4 is 0 Å². The van der Waals surface area contributed by atoms with Gasteiger partial charge in [-0.2, -0.15) is 0 Å². The molecule has 0 atom stereocenters. The molecule has 0 fully saturated rings. The van der Waals surface area contributed by atoms with E-state index >= 15 is 0 Å². The molecule has 0 heterocycles. The van der Waals surface area contributed by atoms with E-state index in [4.69, 9.17) is 11.6 Å². The Bertz CT molecular complexity index is 1020. The standard InChI is InChI=1S/C24H21ClO2/c1-4-23(26)16(3)20-14-21(22(25)13-15(20)2)18-11-9-17(10-12-18)19-7-5-6-8-24(19)27/h5-14,27H,3-4H2,1-2H3. The maximum absolute atomic E-state index is 12.1. The van der Waals surface area contributed by atoms with Crippen LogP contribution in [0.15, 0.2) is 67.2 Å². The fourth-order valence-electron chi connectivity index (χ4n) is 3.13. The highest BCUT2D eigenvalue weighted by Gasteiger charge is 2.14. The molecule has 27 heavy (non-hydrogen) atoms. The number of rotatable bonds is 5. The van der Waals surface area contributed by atoms with Gasteiger partial charge in [0.15, 0.2) is 5.78 Å². The van der Waals surface area contributed by atoms with E-state index in [9.17, 15) is 9.90 Å². The number of para-hydroxylation sites is 1. The quantitative estimate of drug-likeness (QED) is 0.504. The molecule has 136 valence electrons. The van der Waals surface area contributed by atoms with Crippen molar-refractivity contribution in [2.75, 3.05) is 0 Å². The SMILES string of the molecule is C=C(C(=O)CC)c1cc(-c2ccc(-c3ccccc3O)cc2)c(Cl)cc1C. The molecule has 3 aromatic rings. The van der Waals surface area contributed by atoms with Crippen LogP contribution in [0.25, 0.3) is 27.8 Å². The van der Waals surface area contributed by atoms with Crippen LogP contribution in [0.3, 0.4) is 0 Å². The normalized spacial score (nSPS) is 10.6. The fraction of sp³-hybridized carbons (Fsp3) is 0.125. The number of aromatic hydroxyl groups is 1. The Labute approximate surface area is 164 Å². The van der Waals surface area contributed by atoms with E-state index in [1.54, 1.807) is 12.1 Å². The molecule has 0 aliphatic carbocycles. The number of hydrogen-bond donors (Lipinski definition) is 1. The highest BCUT2D eigenvalue weighted by atomic mass is 35.5. The lowest BCUT2D eigenvalue weighted by molar-refractivity contribution is -0.113. The molecular weight excluding hydrogens is 356 g/mol. The number of allylic oxidation sites excluding steroid dienone is 1. The average molecular weight is 377 g/mol. The zero-order valence-corrected chi connectivity index (χ0v) is 16.2. The molecule has 1 N–H and O–H groups in total. The number of Topliss-reactive ketones (excluding diaryl/α,β-unsaturated/α-hetero) is 1. The summed E-state index contributed by atoms with van der Waals surface area (Å²) < 4.78 is 0. The van der Waals surface area contributed by atoms with Gasteiger partial charge < -0.3 is 5.11 Å². The lowest BCUT2D eigenvalue weighted by Crippen LogP contribution is -2.01. The van der Waals surface area contributed by atoms with E-state index in [1.807, 2.05) is 62.4 Å². The Kier molecular flexibility index (Phi) is 5.48. The lowest BCUT2D eigenvalue weighted by Gasteiger charge is -2.13. The van der Waals surface area contributed by atoms with Crippen LogP contribution in [0.5, 0.6) is 5.75 Å². The third-order valence-corrected chi connectivity index (χ3v) is 5.02. The molecule has 0 saturated carbocycles. The van der Waals surface area contributed by atoms with Crippen LogP contribution in [-0.2, 0) is 4.79 Å². The minimum absolute atomic E-state index is 0.0290. The van der Waals surface area contributed by atoms with Gasteiger partial charge in [0.1, 0.15) is 5.75 Å². The number of phenols is 1. The summed E-state index contributed by atoms with van der Waals surface area (Å²) in [6.07, 6.45) is 0.422. The van der Waals surface area contributed by atoms with Crippen LogP contribution in [-0.4, -0.2) is 10.9 Å². The van der Waals surface area contributed by atoms with E-state index in [2.05, 4.69) is 6.58 Å². The zero-order valence-electron chi connectivity index (χ0n) is 15.4. The van der Waals surface area contributed by atoms with Gasteiger partial charge in [-0.3, -0.25) is 4.79 Å². The van der Waals surface area contributed by atoms with Crippen molar-refractivity contribution in [2.24, 2.45) is 0 Å². The summed E-state index contributed by atoms with van der Waals surface area (Å²) in [5, 5.41) is 10.7. The second kappa shape index (κ2) is 7.81. The first-order valence-corrected chi connectivity index (χ1v) is 9.21. The third kappa shape index (κ3) is 3.81. The van der Waals surface area contributed by atoms with E-state index in [-0.39, 0.29) is 11.5 Å². The largest absolute Gasteiger partial charge is 0.507 e. The third-order valence-electron chi connectivity index (χ3n) is 4.71. The van der Waals surface area contributed by atoms with Gasteiger partial charge in [-0.05, 0) is 47.4 Å². The number of carbonyl (C=O) groups excluding carboxylic acids is 1. The van der Waals surface area contributed by atoms with Gasteiger partial charge in [0.2, 0.25) is 0 Å². The van der Waals surface area contributed by atoms with Gasteiger partial charge in [-0.25, -0.2) is 0 Å². The summed E-state index contributed by atoms with van der Waals surface area (Å²) in [6.45, 7) is 7.73. The van der Waals surface area contributed by atoms with Gasteiger partial charge >= 0.3 is 0 Å². The minimum atomic E-state index is 0.0290. The van der Waals surface area contributed by atoms with Crippen LogP contribution in [0, 0.1) is 6.92 Å².